The molecule has 0 radical (unpaired) electrons. The molecule has 0 saturated heterocycles. The highest BCUT2D eigenvalue weighted by atomic mass is 35.5. The first-order valence-corrected chi connectivity index (χ1v) is 11.8. The Kier molecular flexibility index (Phi) is 12.0. The van der Waals surface area contributed by atoms with Gasteiger partial charge in [0.05, 0.1) is 19.1 Å². The molecule has 0 aliphatic rings. The number of nitrogens with zero attached hydrogens (tertiary/aromatic N) is 1. The van der Waals surface area contributed by atoms with Gasteiger partial charge >= 0.3 is 0 Å². The van der Waals surface area contributed by atoms with Crippen LogP contribution in [0.25, 0.3) is 0 Å². The van der Waals surface area contributed by atoms with Crippen LogP contribution in [0.4, 0.5) is 11.4 Å². The Morgan fingerprint density at radius 2 is 1.14 bits per heavy atom. The largest absolute Gasteiger partial charge is 0.497 e. The third-order valence-electron chi connectivity index (χ3n) is 5.89. The number of nitrogens with two attached hydrogens (primary N) is 1. The van der Waals surface area contributed by atoms with Gasteiger partial charge in [0, 0.05) is 17.3 Å². The lowest BCUT2D eigenvalue weighted by atomic mass is 10.0. The van der Waals surface area contributed by atoms with E-state index in [1.165, 1.54) is 17.2 Å². The number of benzene rings is 4. The van der Waals surface area contributed by atoms with E-state index in [0.717, 1.165) is 36.3 Å². The molecule has 6 nitrogen and oxygen atoms in total. The maximum absolute atomic E-state index is 11.0. The minimum atomic E-state index is -0.347. The number of hydrogen-bond acceptors (Lipinski definition) is 5. The average Bonchev–Trinajstić information content (AvgIpc) is 2.92. The Hall–Kier alpha value is -4.03. The number of nitro benzene ring substituents is 1. The van der Waals surface area contributed by atoms with Crippen molar-refractivity contribution in [2.75, 3.05) is 20.0 Å². The van der Waals surface area contributed by atoms with Gasteiger partial charge in [0.2, 0.25) is 0 Å². The van der Waals surface area contributed by atoms with Crippen LogP contribution >= 0.6 is 12.4 Å². The highest BCUT2D eigenvalue weighted by Crippen LogP contribution is 2.25. The van der Waals surface area contributed by atoms with Gasteiger partial charge in [-0.05, 0) is 72.7 Å². The molecule has 0 unspecified atom stereocenters. The van der Waals surface area contributed by atoms with Crippen LogP contribution in [0.15, 0.2) is 97.1 Å². The van der Waals surface area contributed by atoms with Gasteiger partial charge in [0.1, 0.15) is 11.5 Å². The number of aryl methyl sites for hydroxylation is 4. The highest BCUT2D eigenvalue weighted by Gasteiger charge is 2.14. The van der Waals surface area contributed by atoms with E-state index in [4.69, 9.17) is 15.2 Å². The topological polar surface area (TPSA) is 87.6 Å². The third-order valence-corrected chi connectivity index (χ3v) is 5.89. The summed E-state index contributed by atoms with van der Waals surface area (Å²) in [6, 6.07) is 31.0. The third kappa shape index (κ3) is 9.17. The number of rotatable bonds is 9. The standard InChI is InChI=1S/C15H15NO3.C15H17NO.ClH/c1-19-14-9-10-15(16(17)18)13(11-14)8-7-12-5-3-2-4-6-12;1-17-14-9-10-15(16)13(11-14)8-7-12-5-3-2-4-6-12;/h2-6,9-11H,7-8H2,1H3;2-6,9-11H,7-8,16H2,1H3;1H. The Labute approximate surface area is 224 Å². The van der Waals surface area contributed by atoms with E-state index in [1.54, 1.807) is 26.4 Å². The van der Waals surface area contributed by atoms with Crippen LogP contribution in [0.2, 0.25) is 0 Å². The molecule has 0 amide bonds. The van der Waals surface area contributed by atoms with Gasteiger partial charge in [0.25, 0.3) is 5.69 Å². The van der Waals surface area contributed by atoms with Crippen molar-refractivity contribution in [3.05, 3.63) is 129 Å². The highest BCUT2D eigenvalue weighted by molar-refractivity contribution is 5.85. The van der Waals surface area contributed by atoms with Gasteiger partial charge < -0.3 is 15.2 Å². The fraction of sp³-hybridized carbons (Fsp3) is 0.200. The zero-order valence-electron chi connectivity index (χ0n) is 21.1. The Morgan fingerprint density at radius 3 is 1.62 bits per heavy atom. The fourth-order valence-corrected chi connectivity index (χ4v) is 3.84. The monoisotopic (exact) mass is 520 g/mol. The summed E-state index contributed by atoms with van der Waals surface area (Å²) in [5.41, 5.74) is 11.3. The van der Waals surface area contributed by atoms with Crippen LogP contribution < -0.4 is 15.2 Å². The number of methoxy groups -OCH3 is 2. The van der Waals surface area contributed by atoms with Gasteiger partial charge in [-0.25, -0.2) is 0 Å². The van der Waals surface area contributed by atoms with Gasteiger partial charge in [0.15, 0.2) is 0 Å². The van der Waals surface area contributed by atoms with Crippen molar-refractivity contribution in [1.29, 1.82) is 0 Å². The molecule has 0 fully saturated rings. The molecule has 37 heavy (non-hydrogen) atoms. The maximum Gasteiger partial charge on any atom is 0.272 e. The van der Waals surface area contributed by atoms with Crippen molar-refractivity contribution in [1.82, 2.24) is 0 Å². The van der Waals surface area contributed by atoms with E-state index in [9.17, 15) is 10.1 Å². The molecule has 0 heterocycles. The first-order valence-electron chi connectivity index (χ1n) is 11.8. The number of hydrogen-bond donors (Lipinski definition) is 1. The molecule has 0 atom stereocenters. The number of halogens is 1. The summed E-state index contributed by atoms with van der Waals surface area (Å²) >= 11 is 0. The summed E-state index contributed by atoms with van der Waals surface area (Å²) in [5, 5.41) is 11.0. The molecule has 0 bridgehead atoms. The van der Waals surface area contributed by atoms with Crippen LogP contribution in [-0.4, -0.2) is 19.1 Å². The number of anilines is 1. The van der Waals surface area contributed by atoms with Gasteiger partial charge in [-0.1, -0.05) is 60.7 Å². The Morgan fingerprint density at radius 1 is 0.676 bits per heavy atom. The zero-order valence-corrected chi connectivity index (χ0v) is 21.9. The fourth-order valence-electron chi connectivity index (χ4n) is 3.84. The van der Waals surface area contributed by atoms with Crippen LogP contribution in [0, 0.1) is 10.1 Å². The van der Waals surface area contributed by atoms with Crippen molar-refractivity contribution in [3.63, 3.8) is 0 Å². The molecule has 7 heteroatoms. The van der Waals surface area contributed by atoms with E-state index in [1.807, 2.05) is 54.6 Å². The number of nitrogen functional groups attached to an aromatic ring is 1. The SMILES string of the molecule is COc1ccc(N)c(CCc2ccccc2)c1.COc1ccc([N+](=O)[O-])c(CCc2ccccc2)c1.Cl. The van der Waals surface area contributed by atoms with Crippen molar-refractivity contribution in [2.45, 2.75) is 25.7 Å². The van der Waals surface area contributed by atoms with Crippen LogP contribution in [0.3, 0.4) is 0 Å². The average molecular weight is 521 g/mol. The molecule has 0 aliphatic carbocycles. The quantitative estimate of drug-likeness (QED) is 0.148. The number of nitro groups is 1. The van der Waals surface area contributed by atoms with Crippen LogP contribution in [0.1, 0.15) is 22.3 Å². The second kappa shape index (κ2) is 15.2. The summed E-state index contributed by atoms with van der Waals surface area (Å²) in [6.45, 7) is 0. The second-order valence-electron chi connectivity index (χ2n) is 8.29. The first-order chi connectivity index (χ1) is 17.5. The van der Waals surface area contributed by atoms with E-state index in [0.29, 0.717) is 17.7 Å². The van der Waals surface area contributed by atoms with Gasteiger partial charge in [-0.15, -0.1) is 12.4 Å². The summed E-state index contributed by atoms with van der Waals surface area (Å²) in [7, 11) is 3.23. The molecule has 0 saturated carbocycles. The molecule has 4 aromatic carbocycles. The molecular formula is C30H33ClN2O4. The Bertz CT molecular complexity index is 1250. The van der Waals surface area contributed by atoms with Crippen molar-refractivity contribution in [2.24, 2.45) is 0 Å². The van der Waals surface area contributed by atoms with Crippen molar-refractivity contribution >= 4 is 23.8 Å². The molecule has 0 spiro atoms. The van der Waals surface area contributed by atoms with Gasteiger partial charge in [-0.2, -0.15) is 0 Å². The van der Waals surface area contributed by atoms with E-state index in [2.05, 4.69) is 24.3 Å². The van der Waals surface area contributed by atoms with Crippen molar-refractivity contribution < 1.29 is 14.4 Å². The summed E-state index contributed by atoms with van der Waals surface area (Å²) < 4.78 is 10.3. The maximum atomic E-state index is 11.0. The lowest BCUT2D eigenvalue weighted by Crippen LogP contribution is -1.99. The molecule has 2 N–H and O–H groups in total. The van der Waals surface area contributed by atoms with Crippen LogP contribution in [0.5, 0.6) is 11.5 Å². The molecule has 0 aromatic heterocycles. The summed E-state index contributed by atoms with van der Waals surface area (Å²) in [5.74, 6) is 1.51. The first kappa shape index (κ1) is 29.2. The van der Waals surface area contributed by atoms with Gasteiger partial charge in [-0.3, -0.25) is 10.1 Å². The molecule has 194 valence electrons. The van der Waals surface area contributed by atoms with E-state index in [-0.39, 0.29) is 23.0 Å². The predicted octanol–water partition coefficient (Wildman–Crippen LogP) is 6.87. The normalized spacial score (nSPS) is 9.89. The lowest BCUT2D eigenvalue weighted by molar-refractivity contribution is -0.385. The zero-order chi connectivity index (χ0) is 25.8. The van der Waals surface area contributed by atoms with E-state index < -0.39 is 0 Å². The molecule has 0 aliphatic heterocycles. The minimum Gasteiger partial charge on any atom is -0.497 e. The Balaban J connectivity index is 0.000000255. The smallest absolute Gasteiger partial charge is 0.272 e. The summed E-state index contributed by atoms with van der Waals surface area (Å²) in [6.07, 6.45) is 3.33. The summed E-state index contributed by atoms with van der Waals surface area (Å²) in [4.78, 5) is 10.7. The molecule has 4 rings (SSSR count). The van der Waals surface area contributed by atoms with E-state index >= 15 is 0 Å². The number of ether oxygens (including phenoxy) is 2. The molecule has 4 aromatic rings. The molecular weight excluding hydrogens is 488 g/mol. The van der Waals surface area contributed by atoms with Crippen molar-refractivity contribution in [3.8, 4) is 11.5 Å². The second-order valence-corrected chi connectivity index (χ2v) is 8.29. The minimum absolute atomic E-state index is 0. The predicted molar refractivity (Wildman–Crippen MR) is 152 cm³/mol. The lowest BCUT2D eigenvalue weighted by Gasteiger charge is -2.08. The van der Waals surface area contributed by atoms with Crippen LogP contribution in [-0.2, 0) is 25.7 Å².